The number of nitrogens with one attached hydrogen (secondary N) is 1. The summed E-state index contributed by atoms with van der Waals surface area (Å²) in [5, 5.41) is 3.04. The van der Waals surface area contributed by atoms with Gasteiger partial charge in [-0.3, -0.25) is 14.3 Å². The molecule has 0 radical (unpaired) electrons. The smallest absolute Gasteiger partial charge is 0.238 e. The van der Waals surface area contributed by atoms with Crippen LogP contribution in [-0.2, 0) is 16.1 Å². The van der Waals surface area contributed by atoms with Gasteiger partial charge in [0.2, 0.25) is 5.91 Å². The van der Waals surface area contributed by atoms with Gasteiger partial charge in [-0.15, -0.1) is 0 Å². The van der Waals surface area contributed by atoms with Crippen LogP contribution in [0.5, 0.6) is 5.75 Å². The van der Waals surface area contributed by atoms with Crippen LogP contribution in [0.3, 0.4) is 0 Å². The molecule has 0 atom stereocenters. The number of rotatable bonds is 9. The van der Waals surface area contributed by atoms with E-state index in [0.717, 1.165) is 72.5 Å². The van der Waals surface area contributed by atoms with E-state index < -0.39 is 0 Å². The highest BCUT2D eigenvalue weighted by Gasteiger charge is 2.17. The lowest BCUT2D eigenvalue weighted by Crippen LogP contribution is -2.36. The van der Waals surface area contributed by atoms with Crippen LogP contribution in [0, 0.1) is 0 Å². The first kappa shape index (κ1) is 24.8. The van der Waals surface area contributed by atoms with Crippen LogP contribution >= 0.6 is 0 Å². The standard InChI is InChI=1S/C29H33N5O3/c1-3-32(21-29(35)30-22-8-10-23(11-9-22)33-16-18-37-19-17-33)20-28-31-26-6-4-5-7-27(26)34(28)24-12-14-25(36-2)15-13-24/h4-15H,3,16-21H2,1-2H3,(H,30,35). The van der Waals surface area contributed by atoms with Crippen LogP contribution in [0.25, 0.3) is 16.7 Å². The first-order chi connectivity index (χ1) is 18.1. The number of fused-ring (bicyclic) bond motifs is 1. The van der Waals surface area contributed by atoms with Crippen LogP contribution in [0.2, 0.25) is 0 Å². The van der Waals surface area contributed by atoms with Gasteiger partial charge in [0.1, 0.15) is 11.6 Å². The SMILES string of the molecule is CCN(CC(=O)Nc1ccc(N2CCOCC2)cc1)Cc1nc2ccccc2n1-c1ccc(OC)cc1. The molecule has 1 N–H and O–H groups in total. The summed E-state index contributed by atoms with van der Waals surface area (Å²) in [7, 11) is 1.66. The molecule has 1 saturated heterocycles. The first-order valence-corrected chi connectivity index (χ1v) is 12.7. The van der Waals surface area contributed by atoms with Crippen LogP contribution in [-0.4, -0.2) is 66.9 Å². The van der Waals surface area contributed by atoms with E-state index in [0.29, 0.717) is 6.54 Å². The van der Waals surface area contributed by atoms with Gasteiger partial charge < -0.3 is 19.7 Å². The molecule has 0 aliphatic carbocycles. The number of amides is 1. The highest BCUT2D eigenvalue weighted by molar-refractivity contribution is 5.92. The number of carbonyl (C=O) groups is 1. The average Bonchev–Trinajstić information content (AvgIpc) is 3.31. The largest absolute Gasteiger partial charge is 0.497 e. The molecule has 1 aromatic heterocycles. The molecule has 8 nitrogen and oxygen atoms in total. The minimum Gasteiger partial charge on any atom is -0.497 e. The molecular weight excluding hydrogens is 466 g/mol. The topological polar surface area (TPSA) is 71.9 Å². The van der Waals surface area contributed by atoms with Gasteiger partial charge in [-0.25, -0.2) is 4.98 Å². The van der Waals surface area contributed by atoms with E-state index in [1.165, 1.54) is 0 Å². The van der Waals surface area contributed by atoms with Crippen molar-refractivity contribution >= 4 is 28.3 Å². The third-order valence-corrected chi connectivity index (χ3v) is 6.67. The molecule has 5 rings (SSSR count). The van der Waals surface area contributed by atoms with E-state index in [1.54, 1.807) is 7.11 Å². The Labute approximate surface area is 217 Å². The number of benzene rings is 3. The molecule has 4 aromatic rings. The fraction of sp³-hybridized carbons (Fsp3) is 0.310. The zero-order valence-corrected chi connectivity index (χ0v) is 21.4. The van der Waals surface area contributed by atoms with E-state index in [9.17, 15) is 4.79 Å². The molecule has 2 heterocycles. The van der Waals surface area contributed by atoms with E-state index >= 15 is 0 Å². The number of ether oxygens (including phenoxy) is 2. The van der Waals surface area contributed by atoms with E-state index in [-0.39, 0.29) is 12.5 Å². The average molecular weight is 500 g/mol. The fourth-order valence-electron chi connectivity index (χ4n) is 4.66. The number of methoxy groups -OCH3 is 1. The summed E-state index contributed by atoms with van der Waals surface area (Å²) in [6, 6.07) is 24.1. The zero-order chi connectivity index (χ0) is 25.6. The number of carbonyl (C=O) groups excluding carboxylic acids is 1. The summed E-state index contributed by atoms with van der Waals surface area (Å²) < 4.78 is 12.9. The van der Waals surface area contributed by atoms with Crippen molar-refractivity contribution in [2.45, 2.75) is 13.5 Å². The summed E-state index contributed by atoms with van der Waals surface area (Å²) in [6.07, 6.45) is 0. The molecule has 1 fully saturated rings. The first-order valence-electron chi connectivity index (χ1n) is 12.7. The van der Waals surface area contributed by atoms with Crippen LogP contribution in [0.15, 0.2) is 72.8 Å². The quantitative estimate of drug-likeness (QED) is 0.370. The molecule has 0 spiro atoms. The third-order valence-electron chi connectivity index (χ3n) is 6.67. The van der Waals surface area contributed by atoms with Gasteiger partial charge in [-0.05, 0) is 67.2 Å². The second-order valence-electron chi connectivity index (χ2n) is 9.05. The van der Waals surface area contributed by atoms with Gasteiger partial charge in [-0.1, -0.05) is 19.1 Å². The van der Waals surface area contributed by atoms with Gasteiger partial charge in [-0.2, -0.15) is 0 Å². The Morgan fingerprint density at radius 1 is 1.00 bits per heavy atom. The van der Waals surface area contributed by atoms with Crippen LogP contribution in [0.4, 0.5) is 11.4 Å². The maximum Gasteiger partial charge on any atom is 0.238 e. The molecule has 0 unspecified atom stereocenters. The lowest BCUT2D eigenvalue weighted by molar-refractivity contribution is -0.117. The zero-order valence-electron chi connectivity index (χ0n) is 21.4. The minimum absolute atomic E-state index is 0.0481. The number of nitrogens with zero attached hydrogens (tertiary/aromatic N) is 4. The molecule has 3 aromatic carbocycles. The summed E-state index contributed by atoms with van der Waals surface area (Å²) >= 11 is 0. The van der Waals surface area contributed by atoms with Crippen LogP contribution < -0.4 is 15.0 Å². The monoisotopic (exact) mass is 499 g/mol. The Hall–Kier alpha value is -3.88. The lowest BCUT2D eigenvalue weighted by atomic mass is 10.2. The highest BCUT2D eigenvalue weighted by Crippen LogP contribution is 2.24. The Kier molecular flexibility index (Phi) is 7.67. The van der Waals surface area contributed by atoms with Gasteiger partial charge >= 0.3 is 0 Å². The molecule has 8 heteroatoms. The maximum absolute atomic E-state index is 12.9. The highest BCUT2D eigenvalue weighted by atomic mass is 16.5. The summed E-state index contributed by atoms with van der Waals surface area (Å²) in [4.78, 5) is 22.2. The molecule has 0 bridgehead atoms. The second kappa shape index (κ2) is 11.5. The number of likely N-dealkylation sites (N-methyl/N-ethyl adjacent to an activating group) is 1. The number of para-hydroxylation sites is 2. The van der Waals surface area contributed by atoms with E-state index in [2.05, 4.69) is 44.8 Å². The van der Waals surface area contributed by atoms with Crippen molar-refractivity contribution in [2.75, 3.05) is 56.7 Å². The van der Waals surface area contributed by atoms with E-state index in [4.69, 9.17) is 14.5 Å². The van der Waals surface area contributed by atoms with Crippen LogP contribution in [0.1, 0.15) is 12.7 Å². The van der Waals surface area contributed by atoms with Crippen molar-refractivity contribution in [1.29, 1.82) is 0 Å². The predicted molar refractivity (Wildman–Crippen MR) is 147 cm³/mol. The number of imidazole rings is 1. The number of aromatic nitrogens is 2. The summed E-state index contributed by atoms with van der Waals surface area (Å²) in [5.74, 6) is 1.64. The fourth-order valence-corrected chi connectivity index (χ4v) is 4.66. The van der Waals surface area contributed by atoms with Crippen molar-refractivity contribution in [2.24, 2.45) is 0 Å². The molecule has 192 valence electrons. The summed E-state index contributed by atoms with van der Waals surface area (Å²) in [6.45, 7) is 6.86. The molecule has 0 saturated carbocycles. The summed E-state index contributed by atoms with van der Waals surface area (Å²) in [5.41, 5.74) is 4.90. The Balaban J connectivity index is 1.29. The van der Waals surface area contributed by atoms with Gasteiger partial charge in [0.15, 0.2) is 0 Å². The van der Waals surface area contributed by atoms with Gasteiger partial charge in [0.05, 0.1) is 44.4 Å². The number of anilines is 2. The van der Waals surface area contributed by atoms with Crippen molar-refractivity contribution in [1.82, 2.24) is 14.5 Å². The molecular formula is C29H33N5O3. The normalized spacial score (nSPS) is 13.8. The van der Waals surface area contributed by atoms with Crippen molar-refractivity contribution in [3.63, 3.8) is 0 Å². The predicted octanol–water partition coefficient (Wildman–Crippen LogP) is 4.33. The molecule has 1 aliphatic rings. The molecule has 37 heavy (non-hydrogen) atoms. The number of hydrogen-bond acceptors (Lipinski definition) is 6. The maximum atomic E-state index is 12.9. The van der Waals surface area contributed by atoms with Crippen molar-refractivity contribution < 1.29 is 14.3 Å². The number of morpholine rings is 1. The minimum atomic E-state index is -0.0481. The van der Waals surface area contributed by atoms with Gasteiger partial charge in [0, 0.05) is 30.2 Å². The van der Waals surface area contributed by atoms with Crippen molar-refractivity contribution in [3.8, 4) is 11.4 Å². The lowest BCUT2D eigenvalue weighted by Gasteiger charge is -2.29. The Morgan fingerprint density at radius 2 is 1.70 bits per heavy atom. The molecule has 1 amide bonds. The van der Waals surface area contributed by atoms with E-state index in [1.807, 2.05) is 54.6 Å². The van der Waals surface area contributed by atoms with Crippen molar-refractivity contribution in [3.05, 3.63) is 78.6 Å². The Morgan fingerprint density at radius 3 is 2.41 bits per heavy atom. The number of hydrogen-bond donors (Lipinski definition) is 1. The third kappa shape index (κ3) is 5.76. The van der Waals surface area contributed by atoms with Gasteiger partial charge in [0.25, 0.3) is 0 Å². The second-order valence-corrected chi connectivity index (χ2v) is 9.05. The molecule has 1 aliphatic heterocycles. The Bertz CT molecular complexity index is 1330.